The van der Waals surface area contributed by atoms with E-state index in [1.807, 2.05) is 0 Å². The van der Waals surface area contributed by atoms with Crippen LogP contribution in [0.5, 0.6) is 0 Å². The van der Waals surface area contributed by atoms with Gasteiger partial charge in [0.05, 0.1) is 0 Å². The van der Waals surface area contributed by atoms with Crippen molar-refractivity contribution in [1.29, 1.82) is 0 Å². The van der Waals surface area contributed by atoms with Crippen LogP contribution in [0.2, 0.25) is 0 Å². The van der Waals surface area contributed by atoms with Gasteiger partial charge in [-0.15, -0.1) is 0 Å². The summed E-state index contributed by atoms with van der Waals surface area (Å²) in [5, 5.41) is 0. The Balaban J connectivity index is 1.86. The predicted molar refractivity (Wildman–Crippen MR) is 83.4 cm³/mol. The quantitative estimate of drug-likeness (QED) is 0.773. The third-order valence-corrected chi connectivity index (χ3v) is 5.58. The summed E-state index contributed by atoms with van der Waals surface area (Å²) in [6, 6.07) is 0.710. The van der Waals surface area contributed by atoms with E-state index in [1.165, 1.54) is 45.6 Å². The molecule has 0 amide bonds. The van der Waals surface area contributed by atoms with Crippen molar-refractivity contribution in [3.05, 3.63) is 0 Å². The van der Waals surface area contributed by atoms with Crippen molar-refractivity contribution in [2.75, 3.05) is 32.7 Å². The molecule has 0 saturated carbocycles. The molecule has 19 heavy (non-hydrogen) atoms. The Labute approximate surface area is 120 Å². The van der Waals surface area contributed by atoms with Gasteiger partial charge in [0.1, 0.15) is 0 Å². The van der Waals surface area contributed by atoms with E-state index in [2.05, 4.69) is 44.4 Å². The molecule has 2 saturated heterocycles. The van der Waals surface area contributed by atoms with E-state index in [1.54, 1.807) is 0 Å². The summed E-state index contributed by atoms with van der Waals surface area (Å²) < 4.78 is 0. The second-order valence-corrected chi connectivity index (χ2v) is 7.65. The number of likely N-dealkylation sites (tertiary alicyclic amines) is 2. The standard InChI is InChI=1S/C17H34N2/c1-13(2)19-10-15(4)17(16(5)11-19)12-18-8-6-14(3)7-9-18/h13-17H,6-12H2,1-5H3. The molecule has 2 unspecified atom stereocenters. The zero-order valence-corrected chi connectivity index (χ0v) is 13.7. The molecule has 0 aromatic rings. The van der Waals surface area contributed by atoms with Gasteiger partial charge in [0, 0.05) is 25.7 Å². The summed E-state index contributed by atoms with van der Waals surface area (Å²) in [5.74, 6) is 3.56. The summed E-state index contributed by atoms with van der Waals surface area (Å²) in [7, 11) is 0. The minimum Gasteiger partial charge on any atom is -0.303 e. The van der Waals surface area contributed by atoms with Gasteiger partial charge in [-0.05, 0) is 63.5 Å². The molecular weight excluding hydrogens is 232 g/mol. The Kier molecular flexibility index (Phi) is 5.30. The maximum Gasteiger partial charge on any atom is 0.00388 e. The summed E-state index contributed by atoms with van der Waals surface area (Å²) in [6.45, 7) is 18.7. The average Bonchev–Trinajstić information content (AvgIpc) is 2.35. The Morgan fingerprint density at radius 3 is 1.95 bits per heavy atom. The molecule has 2 heterocycles. The van der Waals surface area contributed by atoms with E-state index in [9.17, 15) is 0 Å². The van der Waals surface area contributed by atoms with Crippen molar-refractivity contribution in [3.63, 3.8) is 0 Å². The number of hydrogen-bond donors (Lipinski definition) is 0. The van der Waals surface area contributed by atoms with Gasteiger partial charge in [-0.3, -0.25) is 0 Å². The van der Waals surface area contributed by atoms with Gasteiger partial charge >= 0.3 is 0 Å². The largest absolute Gasteiger partial charge is 0.303 e. The molecule has 2 fully saturated rings. The minimum atomic E-state index is 0.710. The molecule has 0 bridgehead atoms. The van der Waals surface area contributed by atoms with Gasteiger partial charge < -0.3 is 9.80 Å². The van der Waals surface area contributed by atoms with Crippen molar-refractivity contribution in [3.8, 4) is 0 Å². The normalized spacial score (nSPS) is 36.0. The lowest BCUT2D eigenvalue weighted by Crippen LogP contribution is -2.51. The van der Waals surface area contributed by atoms with E-state index in [4.69, 9.17) is 0 Å². The lowest BCUT2D eigenvalue weighted by molar-refractivity contribution is 0.0295. The molecule has 0 aromatic carbocycles. The number of piperidine rings is 2. The highest BCUT2D eigenvalue weighted by Gasteiger charge is 2.34. The Hall–Kier alpha value is -0.0800. The van der Waals surface area contributed by atoms with Crippen molar-refractivity contribution < 1.29 is 0 Å². The smallest absolute Gasteiger partial charge is 0.00388 e. The Morgan fingerprint density at radius 1 is 0.947 bits per heavy atom. The van der Waals surface area contributed by atoms with Crippen LogP contribution in [0.4, 0.5) is 0 Å². The van der Waals surface area contributed by atoms with Crippen LogP contribution in [0.1, 0.15) is 47.5 Å². The molecule has 2 aliphatic heterocycles. The van der Waals surface area contributed by atoms with Crippen molar-refractivity contribution >= 4 is 0 Å². The van der Waals surface area contributed by atoms with Crippen LogP contribution >= 0.6 is 0 Å². The zero-order chi connectivity index (χ0) is 14.0. The highest BCUT2D eigenvalue weighted by Crippen LogP contribution is 2.31. The second kappa shape index (κ2) is 6.58. The fraction of sp³-hybridized carbons (Fsp3) is 1.00. The van der Waals surface area contributed by atoms with Gasteiger partial charge in [-0.1, -0.05) is 20.8 Å². The lowest BCUT2D eigenvalue weighted by Gasteiger charge is -2.45. The molecule has 0 aliphatic carbocycles. The SMILES string of the molecule is CC1CCN(CC2C(C)CN(C(C)C)CC2C)CC1. The third kappa shape index (κ3) is 3.95. The van der Waals surface area contributed by atoms with E-state index in [0.717, 1.165) is 23.7 Å². The van der Waals surface area contributed by atoms with Gasteiger partial charge in [0.15, 0.2) is 0 Å². The van der Waals surface area contributed by atoms with Crippen LogP contribution in [0.25, 0.3) is 0 Å². The molecule has 0 aromatic heterocycles. The Morgan fingerprint density at radius 2 is 1.47 bits per heavy atom. The van der Waals surface area contributed by atoms with Crippen LogP contribution in [0.15, 0.2) is 0 Å². The van der Waals surface area contributed by atoms with E-state index in [0.29, 0.717) is 6.04 Å². The van der Waals surface area contributed by atoms with Crippen LogP contribution in [0.3, 0.4) is 0 Å². The van der Waals surface area contributed by atoms with Crippen molar-refractivity contribution in [2.45, 2.75) is 53.5 Å². The third-order valence-electron chi connectivity index (χ3n) is 5.58. The first kappa shape index (κ1) is 15.3. The van der Waals surface area contributed by atoms with Crippen LogP contribution in [-0.4, -0.2) is 48.6 Å². The van der Waals surface area contributed by atoms with E-state index >= 15 is 0 Å². The first-order valence-corrected chi connectivity index (χ1v) is 8.43. The second-order valence-electron chi connectivity index (χ2n) is 7.65. The van der Waals surface area contributed by atoms with Crippen LogP contribution < -0.4 is 0 Å². The highest BCUT2D eigenvalue weighted by molar-refractivity contribution is 4.86. The highest BCUT2D eigenvalue weighted by atomic mass is 15.2. The van der Waals surface area contributed by atoms with E-state index < -0.39 is 0 Å². The fourth-order valence-electron chi connectivity index (χ4n) is 3.97. The fourth-order valence-corrected chi connectivity index (χ4v) is 3.97. The number of hydrogen-bond acceptors (Lipinski definition) is 2. The average molecular weight is 266 g/mol. The predicted octanol–water partition coefficient (Wildman–Crippen LogP) is 3.33. The number of rotatable bonds is 3. The molecule has 2 aliphatic rings. The minimum absolute atomic E-state index is 0.710. The summed E-state index contributed by atoms with van der Waals surface area (Å²) >= 11 is 0. The maximum atomic E-state index is 2.74. The summed E-state index contributed by atoms with van der Waals surface area (Å²) in [4.78, 5) is 5.41. The molecule has 112 valence electrons. The molecule has 0 spiro atoms. The van der Waals surface area contributed by atoms with Crippen molar-refractivity contribution in [1.82, 2.24) is 9.80 Å². The van der Waals surface area contributed by atoms with Gasteiger partial charge in [-0.2, -0.15) is 0 Å². The van der Waals surface area contributed by atoms with Gasteiger partial charge in [-0.25, -0.2) is 0 Å². The molecule has 2 nitrogen and oxygen atoms in total. The molecule has 2 rings (SSSR count). The molecule has 2 atom stereocenters. The van der Waals surface area contributed by atoms with Gasteiger partial charge in [0.2, 0.25) is 0 Å². The Bertz CT molecular complexity index is 256. The molecule has 0 N–H and O–H groups in total. The zero-order valence-electron chi connectivity index (χ0n) is 13.7. The summed E-state index contributed by atoms with van der Waals surface area (Å²) in [6.07, 6.45) is 2.82. The summed E-state index contributed by atoms with van der Waals surface area (Å²) in [5.41, 5.74) is 0. The number of nitrogens with zero attached hydrogens (tertiary/aromatic N) is 2. The maximum absolute atomic E-state index is 2.74. The first-order chi connectivity index (χ1) is 8.97. The van der Waals surface area contributed by atoms with Crippen LogP contribution in [-0.2, 0) is 0 Å². The first-order valence-electron chi connectivity index (χ1n) is 8.43. The van der Waals surface area contributed by atoms with Crippen molar-refractivity contribution in [2.24, 2.45) is 23.7 Å². The topological polar surface area (TPSA) is 6.48 Å². The lowest BCUT2D eigenvalue weighted by atomic mass is 9.78. The molecule has 0 radical (unpaired) electrons. The van der Waals surface area contributed by atoms with E-state index in [-0.39, 0.29) is 0 Å². The molecule has 2 heteroatoms. The van der Waals surface area contributed by atoms with Crippen LogP contribution in [0, 0.1) is 23.7 Å². The monoisotopic (exact) mass is 266 g/mol. The molecular formula is C17H34N2. The van der Waals surface area contributed by atoms with Gasteiger partial charge in [0.25, 0.3) is 0 Å².